The van der Waals surface area contributed by atoms with Gasteiger partial charge in [-0.1, -0.05) is 31.2 Å². The van der Waals surface area contributed by atoms with Crippen LogP contribution in [0.5, 0.6) is 23.0 Å². The zero-order chi connectivity index (χ0) is 35.9. The number of ether oxygens (including phenoxy) is 10. The number of aliphatic carboxylic acids is 2. The van der Waals surface area contributed by atoms with Gasteiger partial charge in [0.1, 0.15) is 26.4 Å². The minimum atomic E-state index is -0.822. The quantitative estimate of drug-likeness (QED) is 0.434. The summed E-state index contributed by atoms with van der Waals surface area (Å²) in [5, 5.41) is 16.6. The van der Waals surface area contributed by atoms with Gasteiger partial charge in [-0.2, -0.15) is 0 Å². The van der Waals surface area contributed by atoms with Crippen LogP contribution in [0, 0.1) is 5.92 Å². The van der Waals surface area contributed by atoms with Crippen molar-refractivity contribution < 1.29 is 67.2 Å². The van der Waals surface area contributed by atoms with Gasteiger partial charge in [-0.15, -0.1) is 0 Å². The first-order valence-corrected chi connectivity index (χ1v) is 17.0. The summed E-state index contributed by atoms with van der Waals surface area (Å²) in [6, 6.07) is 15.2. The van der Waals surface area contributed by atoms with Crippen LogP contribution in [0.25, 0.3) is 0 Å². The minimum absolute atomic E-state index is 0.126. The van der Waals surface area contributed by atoms with Crippen molar-refractivity contribution in [1.82, 2.24) is 0 Å². The van der Waals surface area contributed by atoms with Gasteiger partial charge < -0.3 is 57.6 Å². The van der Waals surface area contributed by atoms with E-state index in [-0.39, 0.29) is 18.8 Å². The fraction of sp³-hybridized carbons (Fsp3) is 0.611. The summed E-state index contributed by atoms with van der Waals surface area (Å²) < 4.78 is 54.8. The Morgan fingerprint density at radius 1 is 0.460 bits per heavy atom. The van der Waals surface area contributed by atoms with Crippen molar-refractivity contribution in [2.24, 2.45) is 5.92 Å². The van der Waals surface area contributed by atoms with E-state index < -0.39 is 11.9 Å². The molecule has 0 amide bonds. The van der Waals surface area contributed by atoms with E-state index in [1.807, 2.05) is 55.5 Å². The zero-order valence-electron chi connectivity index (χ0n) is 29.1. The number of fused-ring (bicyclic) bond motifs is 2. The molecule has 14 heteroatoms. The van der Waals surface area contributed by atoms with E-state index in [2.05, 4.69) is 0 Å². The number of benzene rings is 2. The highest BCUT2D eigenvalue weighted by Crippen LogP contribution is 2.27. The number of carbonyl (C=O) groups is 2. The Bertz CT molecular complexity index is 994. The summed E-state index contributed by atoms with van der Waals surface area (Å²) in [6.45, 7) is 10.6. The first-order chi connectivity index (χ1) is 24.5. The molecule has 2 aromatic carbocycles. The summed E-state index contributed by atoms with van der Waals surface area (Å²) in [6.07, 6.45) is 1.37. The Balaban J connectivity index is 0.000000269. The minimum Gasteiger partial charge on any atom is -0.487 e. The van der Waals surface area contributed by atoms with E-state index >= 15 is 0 Å². The van der Waals surface area contributed by atoms with E-state index in [1.165, 1.54) is 0 Å². The highest BCUT2D eigenvalue weighted by molar-refractivity contribution is 5.67. The Labute approximate surface area is 294 Å². The maximum absolute atomic E-state index is 10.1. The first-order valence-electron chi connectivity index (χ1n) is 17.0. The van der Waals surface area contributed by atoms with E-state index in [0.29, 0.717) is 119 Å². The Hall–Kier alpha value is -3.66. The Morgan fingerprint density at radius 3 is 0.900 bits per heavy atom. The molecule has 2 aromatic rings. The van der Waals surface area contributed by atoms with E-state index in [9.17, 15) is 9.59 Å². The lowest BCUT2D eigenvalue weighted by Crippen LogP contribution is -2.13. The third kappa shape index (κ3) is 22.9. The van der Waals surface area contributed by atoms with Gasteiger partial charge in [0.05, 0.1) is 79.3 Å². The number of carboxylic acid groups (broad SMARTS) is 2. The highest BCUT2D eigenvalue weighted by Gasteiger charge is 2.08. The second kappa shape index (κ2) is 29.1. The maximum Gasteiger partial charge on any atom is 0.303 e. The van der Waals surface area contributed by atoms with Gasteiger partial charge in [-0.05, 0) is 43.0 Å². The summed E-state index contributed by atoms with van der Waals surface area (Å²) in [7, 11) is 0. The van der Waals surface area contributed by atoms with Crippen LogP contribution in [-0.2, 0) is 38.0 Å². The maximum atomic E-state index is 10.1. The molecule has 2 heterocycles. The van der Waals surface area contributed by atoms with Crippen LogP contribution in [0.3, 0.4) is 0 Å². The molecule has 2 aliphatic heterocycles. The fourth-order valence-electron chi connectivity index (χ4n) is 4.19. The van der Waals surface area contributed by atoms with Gasteiger partial charge in [-0.3, -0.25) is 9.59 Å². The molecule has 0 saturated heterocycles. The van der Waals surface area contributed by atoms with Crippen LogP contribution in [0.15, 0.2) is 48.5 Å². The predicted molar refractivity (Wildman–Crippen MR) is 183 cm³/mol. The summed E-state index contributed by atoms with van der Waals surface area (Å²) >= 11 is 0. The SMILES string of the molecule is CC(CCC(=O)O)CCC(=O)O.c1ccc2c(c1)OCCOCCOCCOCCO2.c1ccc2c(c1)OCCOCCOCCOCCO2. The number of hydrogen-bond donors (Lipinski definition) is 2. The standard InChI is InChI=1S/2C14H20O5.C8H14O4/c2*1-2-4-14-13(3-1)18-11-9-16-7-5-15-6-8-17-10-12-19-14;1-6(2-4-7(9)10)3-5-8(11)12/h2*1-4H,5-12H2;6H,2-5H2,1H3,(H,9,10)(H,11,12). The molecule has 50 heavy (non-hydrogen) atoms. The molecule has 0 spiro atoms. The van der Waals surface area contributed by atoms with Gasteiger partial charge in [0.15, 0.2) is 23.0 Å². The Morgan fingerprint density at radius 2 is 0.680 bits per heavy atom. The average Bonchev–Trinajstić information content (AvgIpc) is 3.13. The zero-order valence-corrected chi connectivity index (χ0v) is 29.1. The van der Waals surface area contributed by atoms with Crippen molar-refractivity contribution in [3.8, 4) is 23.0 Å². The van der Waals surface area contributed by atoms with Crippen molar-refractivity contribution in [3.63, 3.8) is 0 Å². The molecule has 0 saturated carbocycles. The van der Waals surface area contributed by atoms with Gasteiger partial charge in [-0.25, -0.2) is 0 Å². The van der Waals surface area contributed by atoms with Crippen molar-refractivity contribution in [2.75, 3.05) is 106 Å². The van der Waals surface area contributed by atoms with Crippen LogP contribution in [0.1, 0.15) is 32.6 Å². The van der Waals surface area contributed by atoms with E-state index in [4.69, 9.17) is 57.6 Å². The van der Waals surface area contributed by atoms with Crippen molar-refractivity contribution in [1.29, 1.82) is 0 Å². The van der Waals surface area contributed by atoms with Crippen LogP contribution in [0.2, 0.25) is 0 Å². The number of rotatable bonds is 6. The average molecular weight is 711 g/mol. The van der Waals surface area contributed by atoms with Crippen LogP contribution in [-0.4, -0.2) is 128 Å². The third-order valence-corrected chi connectivity index (χ3v) is 6.83. The summed E-state index contributed by atoms with van der Waals surface area (Å²) in [5.41, 5.74) is 0. The molecule has 282 valence electrons. The van der Waals surface area contributed by atoms with Gasteiger partial charge in [0.2, 0.25) is 0 Å². The van der Waals surface area contributed by atoms with Crippen LogP contribution in [0.4, 0.5) is 0 Å². The van der Waals surface area contributed by atoms with Gasteiger partial charge >= 0.3 is 11.9 Å². The lowest BCUT2D eigenvalue weighted by molar-refractivity contribution is -0.137. The number of hydrogen-bond acceptors (Lipinski definition) is 12. The molecule has 0 aliphatic carbocycles. The molecular formula is C36H54O14. The molecule has 0 fully saturated rings. The molecule has 0 bridgehead atoms. The van der Waals surface area contributed by atoms with Crippen LogP contribution < -0.4 is 18.9 Å². The summed E-state index contributed by atoms with van der Waals surface area (Å²) in [4.78, 5) is 20.3. The van der Waals surface area contributed by atoms with E-state index in [1.54, 1.807) is 0 Å². The topological polar surface area (TPSA) is 167 Å². The highest BCUT2D eigenvalue weighted by atomic mass is 16.6. The van der Waals surface area contributed by atoms with Gasteiger partial charge in [0.25, 0.3) is 0 Å². The number of para-hydroxylation sites is 4. The molecule has 14 nitrogen and oxygen atoms in total. The van der Waals surface area contributed by atoms with Crippen molar-refractivity contribution in [3.05, 3.63) is 48.5 Å². The Kier molecular flexibility index (Phi) is 24.7. The van der Waals surface area contributed by atoms with Crippen molar-refractivity contribution in [2.45, 2.75) is 32.6 Å². The van der Waals surface area contributed by atoms with Crippen molar-refractivity contribution >= 4 is 11.9 Å². The fourth-order valence-corrected chi connectivity index (χ4v) is 4.19. The monoisotopic (exact) mass is 710 g/mol. The third-order valence-electron chi connectivity index (χ3n) is 6.83. The molecule has 0 radical (unpaired) electrons. The number of carboxylic acids is 2. The molecular weight excluding hydrogens is 656 g/mol. The van der Waals surface area contributed by atoms with Gasteiger partial charge in [0, 0.05) is 12.8 Å². The normalized spacial score (nSPS) is 17.0. The summed E-state index contributed by atoms with van der Waals surface area (Å²) in [5.74, 6) is 1.47. The second-order valence-corrected chi connectivity index (χ2v) is 10.9. The smallest absolute Gasteiger partial charge is 0.303 e. The molecule has 0 atom stereocenters. The lowest BCUT2D eigenvalue weighted by atomic mass is 10.00. The second-order valence-electron chi connectivity index (χ2n) is 10.9. The molecule has 0 aromatic heterocycles. The lowest BCUT2D eigenvalue weighted by Gasteiger charge is -2.12. The molecule has 0 unspecified atom stereocenters. The largest absolute Gasteiger partial charge is 0.487 e. The van der Waals surface area contributed by atoms with Crippen LogP contribution >= 0.6 is 0 Å². The molecule has 4 rings (SSSR count). The molecule has 2 aliphatic rings. The molecule has 2 N–H and O–H groups in total. The van der Waals surface area contributed by atoms with E-state index in [0.717, 1.165) is 23.0 Å². The predicted octanol–water partition coefficient (Wildman–Crippen LogP) is 4.37. The first kappa shape index (κ1) is 42.5.